The van der Waals surface area contributed by atoms with Crippen LogP contribution < -0.4 is 0 Å². The van der Waals surface area contributed by atoms with E-state index in [1.807, 2.05) is 0 Å². The van der Waals surface area contributed by atoms with Crippen LogP contribution in [-0.2, 0) is 15.6 Å². The third-order valence-corrected chi connectivity index (χ3v) is 3.57. The van der Waals surface area contributed by atoms with Crippen molar-refractivity contribution in [1.29, 1.82) is 0 Å². The van der Waals surface area contributed by atoms with Crippen LogP contribution in [0.2, 0.25) is 0 Å². The number of aliphatic carboxylic acids is 1. The van der Waals surface area contributed by atoms with E-state index in [0.717, 1.165) is 12.1 Å². The van der Waals surface area contributed by atoms with E-state index < -0.39 is 33.7 Å². The Hall–Kier alpha value is -1.30. The van der Waals surface area contributed by atoms with E-state index in [1.165, 1.54) is 13.0 Å². The van der Waals surface area contributed by atoms with Gasteiger partial charge in [0.25, 0.3) is 0 Å². The zero-order valence-corrected chi connectivity index (χ0v) is 9.26. The molecule has 3 nitrogen and oxygen atoms in total. The second-order valence-electron chi connectivity index (χ2n) is 3.28. The Balaban J connectivity index is 2.88. The van der Waals surface area contributed by atoms with Gasteiger partial charge in [-0.15, -0.1) is 0 Å². The molecule has 2 atom stereocenters. The molecule has 0 fully saturated rings. The van der Waals surface area contributed by atoms with E-state index in [-0.39, 0.29) is 11.3 Å². The first-order chi connectivity index (χ1) is 7.41. The first-order valence-electron chi connectivity index (χ1n) is 4.49. The minimum atomic E-state index is -1.65. The van der Waals surface area contributed by atoms with Gasteiger partial charge >= 0.3 is 5.97 Å². The molecule has 2 unspecified atom stereocenters. The predicted molar refractivity (Wildman–Crippen MR) is 54.5 cm³/mol. The number of halogens is 2. The summed E-state index contributed by atoms with van der Waals surface area (Å²) in [6.45, 7) is 1.48. The second kappa shape index (κ2) is 5.16. The molecule has 0 spiro atoms. The summed E-state index contributed by atoms with van der Waals surface area (Å²) < 4.78 is 37.1. The molecule has 1 aromatic carbocycles. The molecular formula is C10H10F2O3S. The van der Waals surface area contributed by atoms with E-state index in [4.69, 9.17) is 5.11 Å². The van der Waals surface area contributed by atoms with Crippen LogP contribution in [0.3, 0.4) is 0 Å². The Bertz CT molecular complexity index is 434. The summed E-state index contributed by atoms with van der Waals surface area (Å²) in [4.78, 5) is 10.5. The van der Waals surface area contributed by atoms with Crippen LogP contribution in [-0.4, -0.2) is 20.5 Å². The van der Waals surface area contributed by atoms with Gasteiger partial charge in [0.15, 0.2) is 11.6 Å². The molecule has 1 N–H and O–H groups in total. The molecule has 0 aliphatic carbocycles. The lowest BCUT2D eigenvalue weighted by atomic mass is 10.3. The second-order valence-corrected chi connectivity index (χ2v) is 5.15. The summed E-state index contributed by atoms with van der Waals surface area (Å²) in [7, 11) is -1.65. The van der Waals surface area contributed by atoms with Crippen molar-refractivity contribution in [2.75, 3.05) is 0 Å². The number of benzene rings is 1. The molecule has 0 amide bonds. The molecule has 1 aromatic rings. The minimum Gasteiger partial charge on any atom is -0.481 e. The van der Waals surface area contributed by atoms with E-state index >= 15 is 0 Å². The molecule has 6 heteroatoms. The zero-order valence-electron chi connectivity index (χ0n) is 8.44. The highest BCUT2D eigenvalue weighted by atomic mass is 32.2. The number of hydrogen-bond acceptors (Lipinski definition) is 2. The molecule has 1 rings (SSSR count). The van der Waals surface area contributed by atoms with Crippen LogP contribution in [0.4, 0.5) is 8.78 Å². The third-order valence-electron chi connectivity index (χ3n) is 1.95. The third kappa shape index (κ3) is 3.10. The van der Waals surface area contributed by atoms with Crippen LogP contribution in [0.25, 0.3) is 0 Å². The Kier molecular flexibility index (Phi) is 4.12. The molecular weight excluding hydrogens is 238 g/mol. The topological polar surface area (TPSA) is 54.4 Å². The van der Waals surface area contributed by atoms with Crippen LogP contribution in [0.1, 0.15) is 13.3 Å². The summed E-state index contributed by atoms with van der Waals surface area (Å²) >= 11 is 0. The quantitative estimate of drug-likeness (QED) is 0.885. The summed E-state index contributed by atoms with van der Waals surface area (Å²) in [5, 5.41) is 7.86. The molecule has 0 saturated heterocycles. The number of hydrogen-bond donors (Lipinski definition) is 1. The SMILES string of the molecule is CC(CC(=O)O)S(=O)c1ccc(F)c(F)c1. The lowest BCUT2D eigenvalue weighted by Gasteiger charge is -2.08. The van der Waals surface area contributed by atoms with Crippen LogP contribution in [0, 0.1) is 11.6 Å². The summed E-state index contributed by atoms with van der Waals surface area (Å²) in [6.07, 6.45) is -0.286. The molecule has 16 heavy (non-hydrogen) atoms. The normalized spacial score (nSPS) is 14.4. The predicted octanol–water partition coefficient (Wildman–Crippen LogP) is 1.94. The van der Waals surface area contributed by atoms with Crippen molar-refractivity contribution in [2.45, 2.75) is 23.5 Å². The van der Waals surface area contributed by atoms with Gasteiger partial charge in [0.2, 0.25) is 0 Å². The van der Waals surface area contributed by atoms with Gasteiger partial charge in [-0.3, -0.25) is 9.00 Å². The molecule has 0 aliphatic heterocycles. The van der Waals surface area contributed by atoms with E-state index in [1.54, 1.807) is 0 Å². The van der Waals surface area contributed by atoms with Crippen molar-refractivity contribution >= 4 is 16.8 Å². The van der Waals surface area contributed by atoms with Gasteiger partial charge in [-0.2, -0.15) is 0 Å². The maximum absolute atomic E-state index is 12.8. The average Bonchev–Trinajstić information content (AvgIpc) is 2.20. The molecule has 0 saturated carbocycles. The van der Waals surface area contributed by atoms with E-state index in [9.17, 15) is 17.8 Å². The molecule has 0 radical (unpaired) electrons. The van der Waals surface area contributed by atoms with Crippen molar-refractivity contribution in [2.24, 2.45) is 0 Å². The Morgan fingerprint density at radius 3 is 2.56 bits per heavy atom. The van der Waals surface area contributed by atoms with Gasteiger partial charge in [-0.1, -0.05) is 0 Å². The van der Waals surface area contributed by atoms with Gasteiger partial charge in [-0.25, -0.2) is 8.78 Å². The molecule has 0 heterocycles. The lowest BCUT2D eigenvalue weighted by molar-refractivity contribution is -0.136. The molecule has 88 valence electrons. The van der Waals surface area contributed by atoms with Crippen LogP contribution >= 0.6 is 0 Å². The highest BCUT2D eigenvalue weighted by Crippen LogP contribution is 2.16. The number of carboxylic acid groups (broad SMARTS) is 1. The minimum absolute atomic E-state index is 0.0904. The van der Waals surface area contributed by atoms with Crippen molar-refractivity contribution in [3.8, 4) is 0 Å². The highest BCUT2D eigenvalue weighted by Gasteiger charge is 2.17. The fourth-order valence-corrected chi connectivity index (χ4v) is 2.34. The zero-order chi connectivity index (χ0) is 12.3. The lowest BCUT2D eigenvalue weighted by Crippen LogP contribution is -2.16. The Morgan fingerprint density at radius 1 is 1.44 bits per heavy atom. The average molecular weight is 248 g/mol. The first kappa shape index (κ1) is 12.8. The largest absolute Gasteiger partial charge is 0.481 e. The van der Waals surface area contributed by atoms with E-state index in [2.05, 4.69) is 0 Å². The monoisotopic (exact) mass is 248 g/mol. The van der Waals surface area contributed by atoms with Crippen LogP contribution in [0.15, 0.2) is 23.1 Å². The maximum Gasteiger partial charge on any atom is 0.304 e. The van der Waals surface area contributed by atoms with Crippen LogP contribution in [0.5, 0.6) is 0 Å². The highest BCUT2D eigenvalue weighted by molar-refractivity contribution is 7.85. The van der Waals surface area contributed by atoms with Gasteiger partial charge in [0.05, 0.1) is 17.2 Å². The van der Waals surface area contributed by atoms with Gasteiger partial charge in [-0.05, 0) is 25.1 Å². The summed E-state index contributed by atoms with van der Waals surface area (Å²) in [5.74, 6) is -3.19. The van der Waals surface area contributed by atoms with Gasteiger partial charge < -0.3 is 5.11 Å². The molecule has 0 bridgehead atoms. The Labute approximate surface area is 93.6 Å². The fourth-order valence-electron chi connectivity index (χ4n) is 1.16. The van der Waals surface area contributed by atoms with Crippen molar-refractivity contribution < 1.29 is 22.9 Å². The first-order valence-corrected chi connectivity index (χ1v) is 5.70. The fraction of sp³-hybridized carbons (Fsp3) is 0.300. The van der Waals surface area contributed by atoms with Gasteiger partial charge in [0, 0.05) is 10.1 Å². The smallest absolute Gasteiger partial charge is 0.304 e. The standard InChI is InChI=1S/C10H10F2O3S/c1-6(4-10(13)14)16(15)7-2-3-8(11)9(12)5-7/h2-3,5-6H,4H2,1H3,(H,13,14). The van der Waals surface area contributed by atoms with E-state index in [0.29, 0.717) is 0 Å². The Morgan fingerprint density at radius 2 is 2.06 bits per heavy atom. The van der Waals surface area contributed by atoms with Gasteiger partial charge in [0.1, 0.15) is 0 Å². The maximum atomic E-state index is 12.8. The number of carboxylic acids is 1. The molecule has 0 aliphatic rings. The van der Waals surface area contributed by atoms with Crippen molar-refractivity contribution in [3.63, 3.8) is 0 Å². The van der Waals surface area contributed by atoms with Crippen molar-refractivity contribution in [1.82, 2.24) is 0 Å². The summed E-state index contributed by atoms with van der Waals surface area (Å²) in [6, 6.07) is 2.88. The number of carbonyl (C=O) groups is 1. The van der Waals surface area contributed by atoms with Crippen molar-refractivity contribution in [3.05, 3.63) is 29.8 Å². The summed E-state index contributed by atoms with van der Waals surface area (Å²) in [5.41, 5.74) is 0. The molecule has 0 aromatic heterocycles. The number of rotatable bonds is 4.